The Bertz CT molecular complexity index is 861. The zero-order valence-corrected chi connectivity index (χ0v) is 17.1. The average molecular weight is 382 g/mol. The van der Waals surface area contributed by atoms with E-state index in [1.807, 2.05) is 30.5 Å². The number of aryl methyl sites for hydroxylation is 1. The second-order valence-corrected chi connectivity index (χ2v) is 7.22. The van der Waals surface area contributed by atoms with Crippen LogP contribution >= 0.6 is 0 Å². The molecule has 0 radical (unpaired) electrons. The summed E-state index contributed by atoms with van der Waals surface area (Å²) in [6, 6.07) is 7.84. The van der Waals surface area contributed by atoms with Crippen LogP contribution in [0.2, 0.25) is 0 Å². The van der Waals surface area contributed by atoms with Gasteiger partial charge in [0.15, 0.2) is 0 Å². The minimum atomic E-state index is 0.527. The van der Waals surface area contributed by atoms with Gasteiger partial charge < -0.3 is 4.74 Å². The predicted octanol–water partition coefficient (Wildman–Crippen LogP) is 5.29. The molecule has 6 heteroatoms. The third-order valence-electron chi connectivity index (χ3n) is 4.80. The van der Waals surface area contributed by atoms with E-state index in [0.717, 1.165) is 42.4 Å². The molecule has 2 heterocycles. The van der Waals surface area contributed by atoms with Crippen molar-refractivity contribution in [2.45, 2.75) is 71.6 Å². The van der Waals surface area contributed by atoms with Gasteiger partial charge >= 0.3 is 0 Å². The Kier molecular flexibility index (Phi) is 7.76. The van der Waals surface area contributed by atoms with Crippen molar-refractivity contribution >= 4 is 11.0 Å². The molecule has 3 aromatic rings. The topological polar surface area (TPSA) is 65.7 Å². The van der Waals surface area contributed by atoms with Crippen LogP contribution in [-0.2, 0) is 6.42 Å². The molecular formula is C22H31N5O. The van der Waals surface area contributed by atoms with Crippen LogP contribution < -0.4 is 4.74 Å². The van der Waals surface area contributed by atoms with Crippen molar-refractivity contribution in [1.29, 1.82) is 0 Å². The van der Waals surface area contributed by atoms with Crippen LogP contribution in [0, 0.1) is 0 Å². The highest BCUT2D eigenvalue weighted by atomic mass is 16.5. The number of rotatable bonds is 12. The molecular weight excluding hydrogens is 350 g/mol. The lowest BCUT2D eigenvalue weighted by Gasteiger charge is -2.10. The quantitative estimate of drug-likeness (QED) is 0.399. The van der Waals surface area contributed by atoms with Gasteiger partial charge in [-0.05, 0) is 31.4 Å². The summed E-state index contributed by atoms with van der Waals surface area (Å²) in [5, 5.41) is 8.55. The molecule has 28 heavy (non-hydrogen) atoms. The number of ether oxygens (including phenoxy) is 1. The van der Waals surface area contributed by atoms with Gasteiger partial charge in [-0.2, -0.15) is 4.68 Å². The van der Waals surface area contributed by atoms with Crippen LogP contribution in [0.4, 0.5) is 0 Å². The number of benzene rings is 1. The molecule has 0 atom stereocenters. The fraction of sp³-hybridized carbons (Fsp3) is 0.545. The maximum Gasteiger partial charge on any atom is 0.260 e. The standard InChI is InChI=1S/C22H31N5O/c1-3-5-7-8-9-12-16-28-22-21(23-19-14-10-11-15-20(19)24-22)27-17-18(25-26-27)13-6-4-2/h10-11,14-15,17H,3-9,12-13,16H2,1-2H3. The Labute approximate surface area is 167 Å². The Hall–Kier alpha value is -2.50. The lowest BCUT2D eigenvalue weighted by atomic mass is 10.1. The number of hydrogen-bond donors (Lipinski definition) is 0. The smallest absolute Gasteiger partial charge is 0.260 e. The van der Waals surface area contributed by atoms with Gasteiger partial charge in [0, 0.05) is 0 Å². The molecule has 0 spiro atoms. The van der Waals surface area contributed by atoms with Gasteiger partial charge in [-0.15, -0.1) is 5.10 Å². The van der Waals surface area contributed by atoms with E-state index in [4.69, 9.17) is 14.7 Å². The van der Waals surface area contributed by atoms with Gasteiger partial charge in [0.25, 0.3) is 5.88 Å². The highest BCUT2D eigenvalue weighted by molar-refractivity contribution is 5.75. The molecule has 0 saturated carbocycles. The maximum absolute atomic E-state index is 6.03. The molecule has 0 N–H and O–H groups in total. The number of unbranched alkanes of at least 4 members (excludes halogenated alkanes) is 6. The summed E-state index contributed by atoms with van der Waals surface area (Å²) in [6.07, 6.45) is 12.4. The zero-order valence-electron chi connectivity index (χ0n) is 17.1. The van der Waals surface area contributed by atoms with Crippen LogP contribution in [0.25, 0.3) is 16.9 Å². The average Bonchev–Trinajstić information content (AvgIpc) is 3.19. The van der Waals surface area contributed by atoms with Crippen molar-refractivity contribution in [2.75, 3.05) is 6.61 Å². The van der Waals surface area contributed by atoms with Gasteiger partial charge in [0.2, 0.25) is 5.82 Å². The van der Waals surface area contributed by atoms with E-state index < -0.39 is 0 Å². The lowest BCUT2D eigenvalue weighted by Crippen LogP contribution is -2.08. The van der Waals surface area contributed by atoms with Crippen molar-refractivity contribution in [3.8, 4) is 11.7 Å². The second kappa shape index (κ2) is 10.7. The summed E-state index contributed by atoms with van der Waals surface area (Å²) < 4.78 is 7.73. The van der Waals surface area contributed by atoms with Gasteiger partial charge in [-0.25, -0.2) is 9.97 Å². The molecule has 0 amide bonds. The molecule has 150 valence electrons. The SMILES string of the molecule is CCCCCCCCOc1nc2ccccc2nc1-n1cc(CCCC)nn1. The van der Waals surface area contributed by atoms with Crippen molar-refractivity contribution < 1.29 is 4.74 Å². The van der Waals surface area contributed by atoms with Crippen LogP contribution in [0.1, 0.15) is 70.9 Å². The Balaban J connectivity index is 1.74. The Morgan fingerprint density at radius 3 is 2.36 bits per heavy atom. The number of aromatic nitrogens is 5. The second-order valence-electron chi connectivity index (χ2n) is 7.22. The van der Waals surface area contributed by atoms with E-state index in [-0.39, 0.29) is 0 Å². The van der Waals surface area contributed by atoms with E-state index in [2.05, 4.69) is 24.2 Å². The molecule has 0 fully saturated rings. The summed E-state index contributed by atoms with van der Waals surface area (Å²) in [5.41, 5.74) is 2.63. The first kappa shape index (κ1) is 20.2. The largest absolute Gasteiger partial charge is 0.475 e. The van der Waals surface area contributed by atoms with Gasteiger partial charge in [0.05, 0.1) is 29.5 Å². The molecule has 0 aliphatic rings. The van der Waals surface area contributed by atoms with Gasteiger partial charge in [-0.3, -0.25) is 0 Å². The number of hydrogen-bond acceptors (Lipinski definition) is 5. The highest BCUT2D eigenvalue weighted by Gasteiger charge is 2.14. The third kappa shape index (κ3) is 5.50. The molecule has 0 saturated heterocycles. The fourth-order valence-corrected chi connectivity index (χ4v) is 3.15. The molecule has 2 aromatic heterocycles. The van der Waals surface area contributed by atoms with Gasteiger partial charge in [-0.1, -0.05) is 69.7 Å². The molecule has 0 aliphatic carbocycles. The summed E-state index contributed by atoms with van der Waals surface area (Å²) in [4.78, 5) is 9.45. The van der Waals surface area contributed by atoms with Crippen molar-refractivity contribution in [3.63, 3.8) is 0 Å². The maximum atomic E-state index is 6.03. The van der Waals surface area contributed by atoms with E-state index in [9.17, 15) is 0 Å². The van der Waals surface area contributed by atoms with E-state index in [1.54, 1.807) is 4.68 Å². The van der Waals surface area contributed by atoms with Crippen LogP contribution in [0.5, 0.6) is 5.88 Å². The zero-order chi connectivity index (χ0) is 19.6. The summed E-state index contributed by atoms with van der Waals surface area (Å²) >= 11 is 0. The molecule has 6 nitrogen and oxygen atoms in total. The van der Waals surface area contributed by atoms with Crippen LogP contribution in [-0.4, -0.2) is 31.6 Å². The predicted molar refractivity (Wildman–Crippen MR) is 112 cm³/mol. The number of fused-ring (bicyclic) bond motifs is 1. The first-order valence-corrected chi connectivity index (χ1v) is 10.6. The normalized spacial score (nSPS) is 11.2. The minimum Gasteiger partial charge on any atom is -0.475 e. The van der Waals surface area contributed by atoms with E-state index in [0.29, 0.717) is 18.3 Å². The summed E-state index contributed by atoms with van der Waals surface area (Å²) in [5.74, 6) is 1.14. The number of nitrogens with zero attached hydrogens (tertiary/aromatic N) is 5. The monoisotopic (exact) mass is 381 g/mol. The Morgan fingerprint density at radius 2 is 1.57 bits per heavy atom. The van der Waals surface area contributed by atoms with Crippen molar-refractivity contribution in [2.24, 2.45) is 0 Å². The molecule has 1 aromatic carbocycles. The number of para-hydroxylation sites is 2. The first-order valence-electron chi connectivity index (χ1n) is 10.6. The molecule has 3 rings (SSSR count). The molecule has 0 aliphatic heterocycles. The molecule has 0 bridgehead atoms. The highest BCUT2D eigenvalue weighted by Crippen LogP contribution is 2.22. The van der Waals surface area contributed by atoms with E-state index in [1.165, 1.54) is 32.1 Å². The lowest BCUT2D eigenvalue weighted by molar-refractivity contribution is 0.291. The first-order chi connectivity index (χ1) is 13.8. The summed E-state index contributed by atoms with van der Waals surface area (Å²) in [6.45, 7) is 5.05. The van der Waals surface area contributed by atoms with Crippen LogP contribution in [0.3, 0.4) is 0 Å². The summed E-state index contributed by atoms with van der Waals surface area (Å²) in [7, 11) is 0. The minimum absolute atomic E-state index is 0.527. The van der Waals surface area contributed by atoms with Gasteiger partial charge in [0.1, 0.15) is 0 Å². The van der Waals surface area contributed by atoms with Crippen molar-refractivity contribution in [1.82, 2.24) is 25.0 Å². The van der Waals surface area contributed by atoms with Crippen LogP contribution in [0.15, 0.2) is 30.5 Å². The van der Waals surface area contributed by atoms with Crippen molar-refractivity contribution in [3.05, 3.63) is 36.2 Å². The Morgan fingerprint density at radius 1 is 0.857 bits per heavy atom. The fourth-order valence-electron chi connectivity index (χ4n) is 3.15. The molecule has 0 unspecified atom stereocenters. The third-order valence-corrected chi connectivity index (χ3v) is 4.80. The van der Waals surface area contributed by atoms with E-state index >= 15 is 0 Å².